The predicted molar refractivity (Wildman–Crippen MR) is 107 cm³/mol. The van der Waals surface area contributed by atoms with E-state index in [1.807, 2.05) is 42.0 Å². The molecule has 3 atom stereocenters. The van der Waals surface area contributed by atoms with Gasteiger partial charge in [0.1, 0.15) is 18.6 Å². The number of fused-ring (bicyclic) bond motifs is 4. The maximum absolute atomic E-state index is 12.2. The van der Waals surface area contributed by atoms with Crippen molar-refractivity contribution in [2.24, 2.45) is 0 Å². The highest BCUT2D eigenvalue weighted by atomic mass is 35.5. The van der Waals surface area contributed by atoms with Crippen molar-refractivity contribution >= 4 is 29.5 Å². The van der Waals surface area contributed by atoms with Gasteiger partial charge in [-0.05, 0) is 37.3 Å². The van der Waals surface area contributed by atoms with Gasteiger partial charge in [0.15, 0.2) is 0 Å². The number of carbonyl (C=O) groups is 1. The summed E-state index contributed by atoms with van der Waals surface area (Å²) in [7, 11) is 0. The Kier molecular flexibility index (Phi) is 4.33. The van der Waals surface area contributed by atoms with Crippen molar-refractivity contribution in [1.82, 2.24) is 24.8 Å². The van der Waals surface area contributed by atoms with Crippen molar-refractivity contribution in [3.05, 3.63) is 59.8 Å². The number of cyclic esters (lactones) is 1. The van der Waals surface area contributed by atoms with E-state index in [-0.39, 0.29) is 24.9 Å². The Hall–Kier alpha value is -3.17. The van der Waals surface area contributed by atoms with Crippen LogP contribution in [0.2, 0.25) is 5.02 Å². The first-order chi connectivity index (χ1) is 14.1. The zero-order valence-electron chi connectivity index (χ0n) is 15.5. The summed E-state index contributed by atoms with van der Waals surface area (Å²) in [5.74, 6) is 0.907. The Morgan fingerprint density at radius 1 is 1.21 bits per heavy atom. The van der Waals surface area contributed by atoms with Gasteiger partial charge >= 0.3 is 6.09 Å². The van der Waals surface area contributed by atoms with Crippen LogP contribution in [-0.2, 0) is 4.74 Å². The number of halogens is 1. The first kappa shape index (κ1) is 17.9. The number of ether oxygens (including phenoxy) is 1. The molecule has 2 aromatic heterocycles. The van der Waals surface area contributed by atoms with Crippen LogP contribution in [0.25, 0.3) is 5.69 Å². The van der Waals surface area contributed by atoms with Crippen LogP contribution in [0.3, 0.4) is 0 Å². The molecule has 0 radical (unpaired) electrons. The predicted octanol–water partition coefficient (Wildman–Crippen LogP) is 2.74. The molecule has 10 heteroatoms. The molecule has 1 fully saturated rings. The zero-order chi connectivity index (χ0) is 20.0. The maximum atomic E-state index is 12.2. The van der Waals surface area contributed by atoms with Crippen LogP contribution >= 0.6 is 11.6 Å². The van der Waals surface area contributed by atoms with Crippen LogP contribution in [0, 0.1) is 0 Å². The number of nitrogens with one attached hydrogen (secondary N) is 2. The Balaban J connectivity index is 1.49. The van der Waals surface area contributed by atoms with E-state index in [4.69, 9.17) is 16.3 Å². The first-order valence-electron chi connectivity index (χ1n) is 9.20. The lowest BCUT2D eigenvalue weighted by atomic mass is 10.1. The van der Waals surface area contributed by atoms with Gasteiger partial charge in [-0.25, -0.2) is 14.8 Å². The van der Waals surface area contributed by atoms with Crippen LogP contribution in [0.15, 0.2) is 49.1 Å². The van der Waals surface area contributed by atoms with Gasteiger partial charge in [-0.2, -0.15) is 4.98 Å². The highest BCUT2D eigenvalue weighted by molar-refractivity contribution is 6.30. The largest absolute Gasteiger partial charge is 0.447 e. The summed E-state index contributed by atoms with van der Waals surface area (Å²) in [5, 5.41) is 7.44. The van der Waals surface area contributed by atoms with E-state index in [0.29, 0.717) is 16.8 Å². The molecule has 1 amide bonds. The molecule has 2 aliphatic heterocycles. The number of hydrogen-bond acceptors (Lipinski definition) is 7. The number of benzene rings is 1. The van der Waals surface area contributed by atoms with E-state index in [9.17, 15) is 4.79 Å². The van der Waals surface area contributed by atoms with Crippen LogP contribution < -0.4 is 15.5 Å². The van der Waals surface area contributed by atoms with Crippen molar-refractivity contribution < 1.29 is 9.53 Å². The summed E-state index contributed by atoms with van der Waals surface area (Å²) >= 11 is 5.98. The van der Waals surface area contributed by atoms with Crippen molar-refractivity contribution in [2.45, 2.75) is 25.2 Å². The summed E-state index contributed by atoms with van der Waals surface area (Å²) in [4.78, 5) is 27.1. The van der Waals surface area contributed by atoms with E-state index in [0.717, 1.165) is 11.4 Å². The molecule has 0 spiro atoms. The molecule has 5 rings (SSSR count). The number of aromatic nitrogens is 4. The summed E-state index contributed by atoms with van der Waals surface area (Å²) in [6, 6.07) is 8.94. The molecule has 0 aliphatic carbocycles. The van der Waals surface area contributed by atoms with Crippen LogP contribution in [-0.4, -0.2) is 44.3 Å². The molecule has 9 nitrogen and oxygen atoms in total. The second-order valence-corrected chi connectivity index (χ2v) is 7.40. The van der Waals surface area contributed by atoms with Gasteiger partial charge < -0.3 is 14.6 Å². The molecule has 148 valence electrons. The summed E-state index contributed by atoms with van der Waals surface area (Å²) in [6.07, 6.45) is 4.52. The van der Waals surface area contributed by atoms with Gasteiger partial charge in [0.25, 0.3) is 0 Å². The van der Waals surface area contributed by atoms with E-state index < -0.39 is 6.09 Å². The topological polar surface area (TPSA) is 97.2 Å². The second-order valence-electron chi connectivity index (χ2n) is 6.97. The van der Waals surface area contributed by atoms with Crippen LogP contribution in [0.1, 0.15) is 18.8 Å². The van der Waals surface area contributed by atoms with E-state index in [1.54, 1.807) is 23.5 Å². The van der Waals surface area contributed by atoms with Gasteiger partial charge in [-0.3, -0.25) is 10.2 Å². The zero-order valence-corrected chi connectivity index (χ0v) is 16.2. The van der Waals surface area contributed by atoms with Crippen molar-refractivity contribution in [3.63, 3.8) is 0 Å². The lowest BCUT2D eigenvalue weighted by Gasteiger charge is -2.27. The highest BCUT2D eigenvalue weighted by Gasteiger charge is 2.40. The van der Waals surface area contributed by atoms with E-state index in [2.05, 4.69) is 25.6 Å². The molecular weight excluding hydrogens is 394 g/mol. The van der Waals surface area contributed by atoms with Gasteiger partial charge in [0.05, 0.1) is 18.1 Å². The molecule has 2 bridgehead atoms. The van der Waals surface area contributed by atoms with Crippen molar-refractivity contribution in [2.75, 3.05) is 16.8 Å². The summed E-state index contributed by atoms with van der Waals surface area (Å²) < 4.78 is 7.18. The summed E-state index contributed by atoms with van der Waals surface area (Å²) in [6.45, 7) is 2.30. The molecule has 3 aromatic rings. The minimum atomic E-state index is -0.404. The Morgan fingerprint density at radius 2 is 2.03 bits per heavy atom. The fourth-order valence-electron chi connectivity index (χ4n) is 3.57. The smallest absolute Gasteiger partial charge is 0.416 e. The minimum Gasteiger partial charge on any atom is -0.447 e. The molecule has 0 saturated carbocycles. The highest BCUT2D eigenvalue weighted by Crippen LogP contribution is 2.27. The Morgan fingerprint density at radius 3 is 2.86 bits per heavy atom. The molecule has 29 heavy (non-hydrogen) atoms. The fourth-order valence-corrected chi connectivity index (χ4v) is 3.69. The third-order valence-electron chi connectivity index (χ3n) is 5.10. The molecule has 0 unspecified atom stereocenters. The second kappa shape index (κ2) is 7.02. The molecule has 1 aromatic carbocycles. The van der Waals surface area contributed by atoms with E-state index >= 15 is 0 Å². The quantitative estimate of drug-likeness (QED) is 0.669. The first-order valence-corrected chi connectivity index (χ1v) is 9.58. The van der Waals surface area contributed by atoms with Crippen molar-refractivity contribution in [1.29, 1.82) is 0 Å². The third kappa shape index (κ3) is 3.28. The molecular formula is C19H18ClN7O2. The lowest BCUT2D eigenvalue weighted by Crippen LogP contribution is -2.49. The number of rotatable bonds is 2. The van der Waals surface area contributed by atoms with Gasteiger partial charge in [-0.15, -0.1) is 0 Å². The summed E-state index contributed by atoms with van der Waals surface area (Å²) in [5.41, 5.74) is 1.71. The minimum absolute atomic E-state index is 0.0873. The van der Waals surface area contributed by atoms with Crippen molar-refractivity contribution in [3.8, 4) is 5.69 Å². The average Bonchev–Trinajstić information content (AvgIpc) is 3.35. The molecule has 1 saturated heterocycles. The number of anilines is 2. The average molecular weight is 412 g/mol. The Bertz CT molecular complexity index is 1050. The molecule has 4 heterocycles. The van der Waals surface area contributed by atoms with E-state index in [1.165, 1.54) is 0 Å². The molecule has 2 N–H and O–H groups in total. The van der Waals surface area contributed by atoms with Gasteiger partial charge in [0.2, 0.25) is 5.95 Å². The van der Waals surface area contributed by atoms with Crippen LogP contribution in [0.5, 0.6) is 0 Å². The number of amides is 1. The SMILES string of the molecule is C[C@H]1N[C@@H](c2cn(-c3ccc(Cl)cc3)cn2)Nc2nccc(n2)N2C(=O)OC[C@H]12. The lowest BCUT2D eigenvalue weighted by molar-refractivity contribution is 0.177. The molecule has 2 aliphatic rings. The van der Waals surface area contributed by atoms with Gasteiger partial charge in [-0.1, -0.05) is 11.6 Å². The standard InChI is InChI=1S/C19H18ClN7O2/c1-11-15-9-29-19(28)27(15)16-6-7-21-18(24-16)25-17(23-11)14-8-26(10-22-14)13-4-2-12(20)3-5-13/h2-8,10-11,15,17,23H,9H2,1H3,(H,21,24,25)/t11-,15-,17-/m1/s1. The third-order valence-corrected chi connectivity index (χ3v) is 5.35. The monoisotopic (exact) mass is 411 g/mol. The number of nitrogens with zero attached hydrogens (tertiary/aromatic N) is 5. The number of hydrogen-bond donors (Lipinski definition) is 2. The Labute approximate surface area is 171 Å². The normalized spacial score (nSPS) is 23.4. The fraction of sp³-hybridized carbons (Fsp3) is 0.263. The maximum Gasteiger partial charge on any atom is 0.416 e. The van der Waals surface area contributed by atoms with Crippen LogP contribution in [0.4, 0.5) is 16.6 Å². The van der Waals surface area contributed by atoms with Gasteiger partial charge in [0, 0.05) is 29.1 Å². The number of carbonyl (C=O) groups excluding carboxylic acids is 1. The number of imidazole rings is 1.